The summed E-state index contributed by atoms with van der Waals surface area (Å²) in [7, 11) is 0. The Labute approximate surface area is 87.5 Å². The lowest BCUT2D eigenvalue weighted by Gasteiger charge is -2.00. The number of carbonyl (C=O) groups is 1. The minimum atomic E-state index is -2.64. The topological polar surface area (TPSA) is 79.5 Å². The van der Waals surface area contributed by atoms with Gasteiger partial charge in [0.25, 0.3) is 6.43 Å². The van der Waals surface area contributed by atoms with Crippen LogP contribution in [0.2, 0.25) is 0 Å². The number of aromatic nitrogens is 3. The second kappa shape index (κ2) is 3.72. The smallest absolute Gasteiger partial charge is 0.409 e. The third-order valence-electron chi connectivity index (χ3n) is 1.87. The van der Waals surface area contributed by atoms with Crippen molar-refractivity contribution in [3.63, 3.8) is 0 Å². The molecule has 2 rings (SSSR count). The fraction of sp³-hybridized carbons (Fsp3) is 0.125. The Morgan fingerprint density at radius 1 is 1.50 bits per heavy atom. The fourth-order valence-electron chi connectivity index (χ4n) is 1.21. The van der Waals surface area contributed by atoms with Crippen molar-refractivity contribution in [3.8, 4) is 0 Å². The predicted molar refractivity (Wildman–Crippen MR) is 49.6 cm³/mol. The number of anilines is 1. The van der Waals surface area contributed by atoms with Crippen LogP contribution in [0, 0.1) is 0 Å². The summed E-state index contributed by atoms with van der Waals surface area (Å²) in [4.78, 5) is 14.1. The third kappa shape index (κ3) is 1.76. The van der Waals surface area contributed by atoms with Crippen LogP contribution in [0.25, 0.3) is 5.65 Å². The van der Waals surface area contributed by atoms with E-state index >= 15 is 0 Å². The van der Waals surface area contributed by atoms with Crippen LogP contribution in [0.3, 0.4) is 0 Å². The highest BCUT2D eigenvalue weighted by molar-refractivity contribution is 5.87. The molecule has 8 heteroatoms. The SMILES string of the molecule is O=C(O)Nc1cnn2cc(C(F)F)cnc12. The number of nitrogens with one attached hydrogen (secondary N) is 1. The van der Waals surface area contributed by atoms with Crippen molar-refractivity contribution in [1.82, 2.24) is 14.6 Å². The second-order valence-electron chi connectivity index (χ2n) is 2.94. The average Bonchev–Trinajstić information content (AvgIpc) is 2.60. The molecule has 84 valence electrons. The highest BCUT2D eigenvalue weighted by Gasteiger charge is 2.12. The zero-order chi connectivity index (χ0) is 11.7. The van der Waals surface area contributed by atoms with Crippen LogP contribution < -0.4 is 5.32 Å². The normalized spacial score (nSPS) is 10.9. The van der Waals surface area contributed by atoms with Crippen LogP contribution in [0.5, 0.6) is 0 Å². The Kier molecular flexibility index (Phi) is 2.39. The average molecular weight is 228 g/mol. The summed E-state index contributed by atoms with van der Waals surface area (Å²) in [6, 6.07) is 0. The Balaban J connectivity index is 2.46. The van der Waals surface area contributed by atoms with Crippen LogP contribution in [-0.2, 0) is 0 Å². The summed E-state index contributed by atoms with van der Waals surface area (Å²) in [5.74, 6) is 0. The molecule has 0 unspecified atom stereocenters. The van der Waals surface area contributed by atoms with Crippen molar-refractivity contribution in [2.24, 2.45) is 0 Å². The molecule has 1 amide bonds. The van der Waals surface area contributed by atoms with Crippen molar-refractivity contribution >= 4 is 17.4 Å². The zero-order valence-electron chi connectivity index (χ0n) is 7.76. The van der Waals surface area contributed by atoms with E-state index in [2.05, 4.69) is 15.4 Å². The van der Waals surface area contributed by atoms with Crippen molar-refractivity contribution < 1.29 is 18.7 Å². The van der Waals surface area contributed by atoms with Gasteiger partial charge in [0.2, 0.25) is 0 Å². The van der Waals surface area contributed by atoms with Crippen LogP contribution in [0.15, 0.2) is 18.6 Å². The molecule has 2 aromatic heterocycles. The van der Waals surface area contributed by atoms with E-state index in [9.17, 15) is 13.6 Å². The molecule has 0 aliphatic heterocycles. The molecule has 0 saturated carbocycles. The Morgan fingerprint density at radius 2 is 2.25 bits per heavy atom. The molecular formula is C8H6F2N4O2. The molecule has 2 aromatic rings. The highest BCUT2D eigenvalue weighted by atomic mass is 19.3. The maximum atomic E-state index is 12.3. The van der Waals surface area contributed by atoms with Crippen LogP contribution in [0.1, 0.15) is 12.0 Å². The number of rotatable bonds is 2. The standard InChI is InChI=1S/C8H6F2N4O2/c9-6(10)4-1-11-7-5(13-8(15)16)2-12-14(7)3-4/h1-3,6,13H,(H,15,16). The third-order valence-corrected chi connectivity index (χ3v) is 1.87. The van der Waals surface area contributed by atoms with E-state index in [1.807, 2.05) is 0 Å². The molecule has 16 heavy (non-hydrogen) atoms. The van der Waals surface area contributed by atoms with Gasteiger partial charge in [-0.05, 0) is 0 Å². The van der Waals surface area contributed by atoms with E-state index in [4.69, 9.17) is 5.11 Å². The molecule has 2 N–H and O–H groups in total. The zero-order valence-corrected chi connectivity index (χ0v) is 7.76. The first-order valence-electron chi connectivity index (χ1n) is 4.19. The van der Waals surface area contributed by atoms with Crippen LogP contribution in [-0.4, -0.2) is 25.8 Å². The molecule has 0 aliphatic rings. The first-order chi connectivity index (χ1) is 7.58. The van der Waals surface area contributed by atoms with Crippen molar-refractivity contribution in [3.05, 3.63) is 24.2 Å². The molecule has 0 saturated heterocycles. The lowest BCUT2D eigenvalue weighted by molar-refractivity contribution is 0.150. The summed E-state index contributed by atoms with van der Waals surface area (Å²) < 4.78 is 25.7. The van der Waals surface area contributed by atoms with Crippen LogP contribution >= 0.6 is 0 Å². The highest BCUT2D eigenvalue weighted by Crippen LogP contribution is 2.20. The van der Waals surface area contributed by atoms with Crippen molar-refractivity contribution in [2.45, 2.75) is 6.43 Å². The number of hydrogen-bond donors (Lipinski definition) is 2. The quantitative estimate of drug-likeness (QED) is 0.820. The monoisotopic (exact) mass is 228 g/mol. The van der Waals surface area contributed by atoms with E-state index in [0.717, 1.165) is 16.9 Å². The van der Waals surface area contributed by atoms with Crippen molar-refractivity contribution in [2.75, 3.05) is 5.32 Å². The largest absolute Gasteiger partial charge is 0.465 e. The maximum Gasteiger partial charge on any atom is 0.409 e. The Bertz CT molecular complexity index is 540. The molecule has 0 fully saturated rings. The lowest BCUT2D eigenvalue weighted by Crippen LogP contribution is -2.07. The molecule has 6 nitrogen and oxygen atoms in total. The minimum Gasteiger partial charge on any atom is -0.465 e. The summed E-state index contributed by atoms with van der Waals surface area (Å²) in [6.07, 6.45) is -0.632. The van der Waals surface area contributed by atoms with Crippen LogP contribution in [0.4, 0.5) is 19.3 Å². The van der Waals surface area contributed by atoms with Gasteiger partial charge in [-0.2, -0.15) is 5.10 Å². The molecule has 0 aliphatic carbocycles. The van der Waals surface area contributed by atoms with Gasteiger partial charge in [-0.15, -0.1) is 0 Å². The number of carboxylic acid groups (broad SMARTS) is 1. The molecule has 0 bridgehead atoms. The Hall–Kier alpha value is -2.25. The van der Waals surface area contributed by atoms with Gasteiger partial charge < -0.3 is 5.11 Å². The van der Waals surface area contributed by atoms with Gasteiger partial charge in [-0.3, -0.25) is 5.32 Å². The number of amides is 1. The van der Waals surface area contributed by atoms with E-state index in [-0.39, 0.29) is 16.9 Å². The molecule has 0 atom stereocenters. The van der Waals surface area contributed by atoms with Gasteiger partial charge in [0, 0.05) is 12.4 Å². The van der Waals surface area contributed by atoms with E-state index in [1.54, 1.807) is 0 Å². The van der Waals surface area contributed by atoms with Crippen molar-refractivity contribution in [1.29, 1.82) is 0 Å². The molecule has 0 aromatic carbocycles. The predicted octanol–water partition coefficient (Wildman–Crippen LogP) is 1.76. The molecular weight excluding hydrogens is 222 g/mol. The summed E-state index contributed by atoms with van der Waals surface area (Å²) in [5.41, 5.74) is 0.0394. The van der Waals surface area contributed by atoms with E-state index in [0.29, 0.717) is 0 Å². The second-order valence-corrected chi connectivity index (χ2v) is 2.94. The maximum absolute atomic E-state index is 12.3. The van der Waals surface area contributed by atoms with Gasteiger partial charge in [0.1, 0.15) is 5.69 Å². The van der Waals surface area contributed by atoms with Gasteiger partial charge >= 0.3 is 6.09 Å². The van der Waals surface area contributed by atoms with E-state index < -0.39 is 12.5 Å². The first kappa shape index (κ1) is 10.3. The van der Waals surface area contributed by atoms with Gasteiger partial charge in [-0.1, -0.05) is 0 Å². The first-order valence-corrected chi connectivity index (χ1v) is 4.19. The number of nitrogens with zero attached hydrogens (tertiary/aromatic N) is 3. The minimum absolute atomic E-state index is 0.147. The van der Waals surface area contributed by atoms with Gasteiger partial charge in [0.15, 0.2) is 5.65 Å². The summed E-state index contributed by atoms with van der Waals surface area (Å²) in [5, 5.41) is 14.3. The molecule has 0 radical (unpaired) electrons. The molecule has 2 heterocycles. The number of hydrogen-bond acceptors (Lipinski definition) is 3. The fourth-order valence-corrected chi connectivity index (χ4v) is 1.21. The van der Waals surface area contributed by atoms with Gasteiger partial charge in [0.05, 0.1) is 11.8 Å². The lowest BCUT2D eigenvalue weighted by atomic mass is 10.3. The van der Waals surface area contributed by atoms with E-state index in [1.165, 1.54) is 6.20 Å². The number of fused-ring (bicyclic) bond motifs is 1. The summed E-state index contributed by atoms with van der Waals surface area (Å²) >= 11 is 0. The summed E-state index contributed by atoms with van der Waals surface area (Å²) in [6.45, 7) is 0. The number of alkyl halides is 2. The van der Waals surface area contributed by atoms with Gasteiger partial charge in [-0.25, -0.2) is 23.1 Å². The number of halogens is 2. The molecule has 0 spiro atoms. The Morgan fingerprint density at radius 3 is 2.88 bits per heavy atom.